The summed E-state index contributed by atoms with van der Waals surface area (Å²) in [5.74, 6) is 0.461. The number of rotatable bonds is 7. The van der Waals surface area contributed by atoms with Crippen molar-refractivity contribution in [1.82, 2.24) is 0 Å². The van der Waals surface area contributed by atoms with Gasteiger partial charge in [0.2, 0.25) is 0 Å². The van der Waals surface area contributed by atoms with Gasteiger partial charge in [0, 0.05) is 16.1 Å². The molecule has 0 aliphatic rings. The predicted octanol–water partition coefficient (Wildman–Crippen LogP) is 6.10. The van der Waals surface area contributed by atoms with Crippen LogP contribution in [0.4, 0.5) is 5.69 Å². The number of amides is 1. The highest BCUT2D eigenvalue weighted by molar-refractivity contribution is 6.31. The Morgan fingerprint density at radius 2 is 1.57 bits per heavy atom. The first kappa shape index (κ1) is 21.6. The first-order valence-electron chi connectivity index (χ1n) is 9.82. The second kappa shape index (κ2) is 9.59. The van der Waals surface area contributed by atoms with Gasteiger partial charge in [-0.3, -0.25) is 9.59 Å². The highest BCUT2D eigenvalue weighted by Crippen LogP contribution is 2.25. The molecule has 0 saturated heterocycles. The Kier molecular flexibility index (Phi) is 6.91. The Bertz CT molecular complexity index is 1030. The third-order valence-electron chi connectivity index (χ3n) is 4.75. The van der Waals surface area contributed by atoms with E-state index in [4.69, 9.17) is 16.3 Å². The zero-order chi connectivity index (χ0) is 21.7. The van der Waals surface area contributed by atoms with Crippen molar-refractivity contribution < 1.29 is 14.3 Å². The molecule has 3 aromatic carbocycles. The summed E-state index contributed by atoms with van der Waals surface area (Å²) in [4.78, 5) is 25.6. The molecule has 5 heteroatoms. The van der Waals surface area contributed by atoms with Crippen LogP contribution in [0.15, 0.2) is 72.8 Å². The van der Waals surface area contributed by atoms with Gasteiger partial charge < -0.3 is 10.1 Å². The Labute approximate surface area is 181 Å². The van der Waals surface area contributed by atoms with Crippen LogP contribution in [-0.4, -0.2) is 17.8 Å². The van der Waals surface area contributed by atoms with Crippen LogP contribution in [0.5, 0.6) is 5.75 Å². The summed E-state index contributed by atoms with van der Waals surface area (Å²) in [5.41, 5.74) is 2.44. The number of halogens is 1. The van der Waals surface area contributed by atoms with Crippen LogP contribution < -0.4 is 10.1 Å². The summed E-state index contributed by atoms with van der Waals surface area (Å²) in [6, 6.07) is 21.4. The molecule has 0 saturated carbocycles. The molecular formula is C25H24ClNO3. The lowest BCUT2D eigenvalue weighted by Crippen LogP contribution is -2.30. The number of carbonyl (C=O) groups is 2. The van der Waals surface area contributed by atoms with Gasteiger partial charge in [-0.1, -0.05) is 67.9 Å². The summed E-state index contributed by atoms with van der Waals surface area (Å²) in [5, 5.41) is 3.21. The Balaban J connectivity index is 1.75. The van der Waals surface area contributed by atoms with Crippen LogP contribution in [-0.2, 0) is 4.79 Å². The fourth-order valence-corrected chi connectivity index (χ4v) is 3.15. The van der Waals surface area contributed by atoms with Crippen molar-refractivity contribution in [2.24, 2.45) is 0 Å². The molecule has 0 aliphatic carbocycles. The third kappa shape index (κ3) is 5.28. The monoisotopic (exact) mass is 421 g/mol. The van der Waals surface area contributed by atoms with E-state index >= 15 is 0 Å². The molecule has 3 aromatic rings. The van der Waals surface area contributed by atoms with Crippen molar-refractivity contribution in [2.45, 2.75) is 32.8 Å². The van der Waals surface area contributed by atoms with Crippen LogP contribution >= 0.6 is 11.6 Å². The molecule has 0 aromatic heterocycles. The number of hydrogen-bond donors (Lipinski definition) is 1. The number of hydrogen-bond acceptors (Lipinski definition) is 3. The lowest BCUT2D eigenvalue weighted by Gasteiger charge is -2.17. The maximum absolute atomic E-state index is 12.9. The van der Waals surface area contributed by atoms with E-state index in [1.54, 1.807) is 49.4 Å². The summed E-state index contributed by atoms with van der Waals surface area (Å²) < 4.78 is 5.77. The summed E-state index contributed by atoms with van der Waals surface area (Å²) >= 11 is 6.10. The molecule has 1 unspecified atom stereocenters. The molecule has 0 fully saturated rings. The van der Waals surface area contributed by atoms with Crippen molar-refractivity contribution >= 4 is 29.0 Å². The van der Waals surface area contributed by atoms with Crippen molar-refractivity contribution in [3.05, 3.63) is 94.5 Å². The molecule has 4 nitrogen and oxygen atoms in total. The second-order valence-corrected chi connectivity index (χ2v) is 7.79. The van der Waals surface area contributed by atoms with Crippen molar-refractivity contribution in [3.63, 3.8) is 0 Å². The molecule has 3 rings (SSSR count). The van der Waals surface area contributed by atoms with E-state index in [2.05, 4.69) is 19.2 Å². The standard InChI is InChI=1S/C25H24ClNO3/c1-16(2)18-9-12-21(13-10-18)30-17(3)25(29)27-23-14-11-20(26)15-22(23)24(28)19-7-5-4-6-8-19/h4-17H,1-3H3,(H,27,29). The molecule has 0 radical (unpaired) electrons. The van der Waals surface area contributed by atoms with Crippen LogP contribution in [0.25, 0.3) is 0 Å². The molecule has 1 amide bonds. The molecule has 0 bridgehead atoms. The highest BCUT2D eigenvalue weighted by atomic mass is 35.5. The fraction of sp³-hybridized carbons (Fsp3) is 0.200. The van der Waals surface area contributed by atoms with E-state index in [9.17, 15) is 9.59 Å². The van der Waals surface area contributed by atoms with Gasteiger partial charge >= 0.3 is 0 Å². The number of ketones is 1. The molecule has 0 spiro atoms. The van der Waals surface area contributed by atoms with E-state index in [0.29, 0.717) is 33.5 Å². The normalized spacial score (nSPS) is 11.8. The molecule has 1 atom stereocenters. The van der Waals surface area contributed by atoms with Gasteiger partial charge in [-0.05, 0) is 48.7 Å². The number of benzene rings is 3. The van der Waals surface area contributed by atoms with Gasteiger partial charge in [-0.25, -0.2) is 0 Å². The first-order valence-corrected chi connectivity index (χ1v) is 10.2. The predicted molar refractivity (Wildman–Crippen MR) is 121 cm³/mol. The minimum Gasteiger partial charge on any atom is -0.481 e. The lowest BCUT2D eigenvalue weighted by molar-refractivity contribution is -0.122. The average Bonchev–Trinajstić information content (AvgIpc) is 2.75. The van der Waals surface area contributed by atoms with Gasteiger partial charge in [0.05, 0.1) is 5.69 Å². The number of anilines is 1. The maximum Gasteiger partial charge on any atom is 0.265 e. The number of nitrogens with one attached hydrogen (secondary N) is 1. The smallest absolute Gasteiger partial charge is 0.265 e. The topological polar surface area (TPSA) is 55.4 Å². The van der Waals surface area contributed by atoms with Crippen molar-refractivity contribution in [3.8, 4) is 5.75 Å². The van der Waals surface area contributed by atoms with Crippen molar-refractivity contribution in [2.75, 3.05) is 5.32 Å². The van der Waals surface area contributed by atoms with Gasteiger partial charge in [0.25, 0.3) is 5.91 Å². The van der Waals surface area contributed by atoms with E-state index < -0.39 is 6.10 Å². The fourth-order valence-electron chi connectivity index (χ4n) is 2.98. The molecule has 0 aliphatic heterocycles. The quantitative estimate of drug-likeness (QED) is 0.469. The lowest BCUT2D eigenvalue weighted by atomic mass is 10.0. The molecular weight excluding hydrogens is 398 g/mol. The van der Waals surface area contributed by atoms with Crippen LogP contribution in [0.2, 0.25) is 5.02 Å². The highest BCUT2D eigenvalue weighted by Gasteiger charge is 2.20. The van der Waals surface area contributed by atoms with Gasteiger partial charge in [-0.2, -0.15) is 0 Å². The van der Waals surface area contributed by atoms with Crippen LogP contribution in [0.1, 0.15) is 48.2 Å². The molecule has 1 N–H and O–H groups in total. The zero-order valence-electron chi connectivity index (χ0n) is 17.2. The number of ether oxygens (including phenoxy) is 1. The summed E-state index contributed by atoms with van der Waals surface area (Å²) in [7, 11) is 0. The summed E-state index contributed by atoms with van der Waals surface area (Å²) in [6.07, 6.45) is -0.745. The Hall–Kier alpha value is -3.11. The SMILES string of the molecule is CC(Oc1ccc(C(C)C)cc1)C(=O)Nc1ccc(Cl)cc1C(=O)c1ccccc1. The minimum absolute atomic E-state index is 0.216. The molecule has 0 heterocycles. The van der Waals surface area contributed by atoms with E-state index in [-0.39, 0.29) is 11.7 Å². The third-order valence-corrected chi connectivity index (χ3v) is 4.98. The van der Waals surface area contributed by atoms with Crippen LogP contribution in [0, 0.1) is 0 Å². The largest absolute Gasteiger partial charge is 0.481 e. The maximum atomic E-state index is 12.9. The van der Waals surface area contributed by atoms with E-state index in [0.717, 1.165) is 0 Å². The minimum atomic E-state index is -0.745. The molecule has 30 heavy (non-hydrogen) atoms. The zero-order valence-corrected chi connectivity index (χ0v) is 17.9. The van der Waals surface area contributed by atoms with E-state index in [1.165, 1.54) is 5.56 Å². The first-order chi connectivity index (χ1) is 14.3. The van der Waals surface area contributed by atoms with Crippen LogP contribution in [0.3, 0.4) is 0 Å². The number of carbonyl (C=O) groups excluding carboxylic acids is 2. The average molecular weight is 422 g/mol. The van der Waals surface area contributed by atoms with Crippen molar-refractivity contribution in [1.29, 1.82) is 0 Å². The summed E-state index contributed by atoms with van der Waals surface area (Å²) in [6.45, 7) is 5.90. The Morgan fingerprint density at radius 1 is 0.900 bits per heavy atom. The van der Waals surface area contributed by atoms with E-state index in [1.807, 2.05) is 30.3 Å². The molecule has 154 valence electrons. The van der Waals surface area contributed by atoms with Gasteiger partial charge in [-0.15, -0.1) is 0 Å². The van der Waals surface area contributed by atoms with Gasteiger partial charge in [0.1, 0.15) is 5.75 Å². The van der Waals surface area contributed by atoms with Gasteiger partial charge in [0.15, 0.2) is 11.9 Å². The second-order valence-electron chi connectivity index (χ2n) is 7.36. The Morgan fingerprint density at radius 3 is 2.20 bits per heavy atom.